The molecule has 0 bridgehead atoms. The molecule has 2 aromatic rings. The first-order valence-electron chi connectivity index (χ1n) is 6.41. The highest BCUT2D eigenvalue weighted by Crippen LogP contribution is 2.20. The van der Waals surface area contributed by atoms with E-state index < -0.39 is 0 Å². The monoisotopic (exact) mass is 275 g/mol. The number of unbranched alkanes of at least 4 members (excludes halogenated alkanes) is 1. The van der Waals surface area contributed by atoms with Crippen molar-refractivity contribution in [3.63, 3.8) is 0 Å². The highest BCUT2D eigenvalue weighted by atomic mass is 32.1. The van der Waals surface area contributed by atoms with Gasteiger partial charge in [-0.25, -0.2) is 4.98 Å². The summed E-state index contributed by atoms with van der Waals surface area (Å²) in [5.74, 6) is 0.0995. The van der Waals surface area contributed by atoms with Crippen LogP contribution in [0.1, 0.15) is 31.2 Å². The van der Waals surface area contributed by atoms with Crippen LogP contribution in [0, 0.1) is 0 Å². The van der Waals surface area contributed by atoms with Gasteiger partial charge in [-0.15, -0.1) is 11.3 Å². The molecule has 4 nitrogen and oxygen atoms in total. The smallest absolute Gasteiger partial charge is 0.220 e. The number of hydrogen-bond donors (Lipinski definition) is 1. The molecule has 0 saturated carbocycles. The molecule has 0 atom stereocenters. The first-order chi connectivity index (χ1) is 9.29. The van der Waals surface area contributed by atoms with Gasteiger partial charge in [0.15, 0.2) is 0 Å². The van der Waals surface area contributed by atoms with Crippen LogP contribution < -0.4 is 5.32 Å². The number of pyridine rings is 1. The molecule has 0 aliphatic rings. The van der Waals surface area contributed by atoms with Gasteiger partial charge in [0.2, 0.25) is 5.91 Å². The van der Waals surface area contributed by atoms with Gasteiger partial charge in [0.25, 0.3) is 0 Å². The normalized spacial score (nSPS) is 10.4. The van der Waals surface area contributed by atoms with Crippen LogP contribution in [0.25, 0.3) is 11.3 Å². The molecule has 19 heavy (non-hydrogen) atoms. The van der Waals surface area contributed by atoms with Crippen LogP contribution in [0.4, 0.5) is 0 Å². The molecule has 0 aliphatic heterocycles. The standard InChI is InChI=1S/C14H17N3OS/c1-2-3-4-13(18)16-9-14-17-12(10-19-14)11-5-7-15-8-6-11/h5-8,10H,2-4,9H2,1H3,(H,16,18). The number of thiazole rings is 1. The van der Waals surface area contributed by atoms with E-state index in [1.165, 1.54) is 0 Å². The molecule has 0 fully saturated rings. The van der Waals surface area contributed by atoms with E-state index in [1.54, 1.807) is 23.7 Å². The molecule has 0 aromatic carbocycles. The summed E-state index contributed by atoms with van der Waals surface area (Å²) in [6.45, 7) is 2.59. The van der Waals surface area contributed by atoms with E-state index >= 15 is 0 Å². The van der Waals surface area contributed by atoms with Gasteiger partial charge >= 0.3 is 0 Å². The van der Waals surface area contributed by atoms with Crippen LogP contribution in [-0.4, -0.2) is 15.9 Å². The fourth-order valence-corrected chi connectivity index (χ4v) is 2.39. The van der Waals surface area contributed by atoms with E-state index in [9.17, 15) is 4.79 Å². The van der Waals surface area contributed by atoms with Crippen molar-refractivity contribution in [1.82, 2.24) is 15.3 Å². The Balaban J connectivity index is 1.90. The molecule has 100 valence electrons. The zero-order chi connectivity index (χ0) is 13.5. The summed E-state index contributed by atoms with van der Waals surface area (Å²) < 4.78 is 0. The Labute approximate surface area is 116 Å². The van der Waals surface area contributed by atoms with Gasteiger partial charge < -0.3 is 5.32 Å². The second kappa shape index (κ2) is 6.99. The highest BCUT2D eigenvalue weighted by Gasteiger charge is 2.06. The second-order valence-electron chi connectivity index (χ2n) is 4.24. The zero-order valence-corrected chi connectivity index (χ0v) is 11.7. The number of nitrogens with zero attached hydrogens (tertiary/aromatic N) is 2. The maximum atomic E-state index is 11.5. The average molecular weight is 275 g/mol. The maximum absolute atomic E-state index is 11.5. The van der Waals surface area contributed by atoms with Crippen molar-refractivity contribution in [3.05, 3.63) is 34.9 Å². The molecule has 2 aromatic heterocycles. The van der Waals surface area contributed by atoms with Gasteiger partial charge in [-0.05, 0) is 18.6 Å². The van der Waals surface area contributed by atoms with Crippen molar-refractivity contribution < 1.29 is 4.79 Å². The lowest BCUT2D eigenvalue weighted by atomic mass is 10.2. The van der Waals surface area contributed by atoms with Crippen molar-refractivity contribution in [3.8, 4) is 11.3 Å². The fourth-order valence-electron chi connectivity index (χ4n) is 1.65. The molecule has 5 heteroatoms. The Morgan fingerprint density at radius 1 is 1.37 bits per heavy atom. The van der Waals surface area contributed by atoms with Crippen molar-refractivity contribution in [2.24, 2.45) is 0 Å². The van der Waals surface area contributed by atoms with Gasteiger partial charge in [0.05, 0.1) is 12.2 Å². The SMILES string of the molecule is CCCCC(=O)NCc1nc(-c2ccncc2)cs1. The summed E-state index contributed by atoms with van der Waals surface area (Å²) in [4.78, 5) is 20.0. The van der Waals surface area contributed by atoms with Gasteiger partial charge in [0.1, 0.15) is 5.01 Å². The summed E-state index contributed by atoms with van der Waals surface area (Å²) in [6, 6.07) is 3.86. The topological polar surface area (TPSA) is 54.9 Å². The van der Waals surface area contributed by atoms with Crippen LogP contribution in [0.5, 0.6) is 0 Å². The summed E-state index contributed by atoms with van der Waals surface area (Å²) in [5, 5.41) is 5.83. The van der Waals surface area contributed by atoms with Crippen molar-refractivity contribution in [2.75, 3.05) is 0 Å². The molecule has 2 heterocycles. The second-order valence-corrected chi connectivity index (χ2v) is 5.19. The number of nitrogens with one attached hydrogen (secondary N) is 1. The predicted octanol–water partition coefficient (Wildman–Crippen LogP) is 3.01. The van der Waals surface area contributed by atoms with E-state index in [2.05, 4.69) is 22.2 Å². The number of amides is 1. The van der Waals surface area contributed by atoms with E-state index in [0.717, 1.165) is 29.1 Å². The molecular weight excluding hydrogens is 258 g/mol. The van der Waals surface area contributed by atoms with Gasteiger partial charge in [0, 0.05) is 29.8 Å². The molecule has 2 rings (SSSR count). The van der Waals surface area contributed by atoms with Crippen LogP contribution in [0.3, 0.4) is 0 Å². The Morgan fingerprint density at radius 2 is 2.16 bits per heavy atom. The minimum Gasteiger partial charge on any atom is -0.350 e. The molecular formula is C14H17N3OS. The first kappa shape index (κ1) is 13.7. The van der Waals surface area contributed by atoms with Crippen molar-refractivity contribution in [2.45, 2.75) is 32.7 Å². The fraction of sp³-hybridized carbons (Fsp3) is 0.357. The van der Waals surface area contributed by atoms with E-state index in [4.69, 9.17) is 0 Å². The van der Waals surface area contributed by atoms with Gasteiger partial charge in [-0.3, -0.25) is 9.78 Å². The van der Waals surface area contributed by atoms with E-state index in [0.29, 0.717) is 13.0 Å². The lowest BCUT2D eigenvalue weighted by Gasteiger charge is -2.01. The van der Waals surface area contributed by atoms with E-state index in [-0.39, 0.29) is 5.91 Å². The molecule has 0 spiro atoms. The van der Waals surface area contributed by atoms with Gasteiger partial charge in [-0.1, -0.05) is 13.3 Å². The average Bonchev–Trinajstić information content (AvgIpc) is 2.93. The summed E-state index contributed by atoms with van der Waals surface area (Å²) >= 11 is 1.56. The summed E-state index contributed by atoms with van der Waals surface area (Å²) in [5.41, 5.74) is 1.99. The lowest BCUT2D eigenvalue weighted by Crippen LogP contribution is -2.22. The number of rotatable bonds is 6. The maximum Gasteiger partial charge on any atom is 0.220 e. The summed E-state index contributed by atoms with van der Waals surface area (Å²) in [7, 11) is 0. The number of hydrogen-bond acceptors (Lipinski definition) is 4. The van der Waals surface area contributed by atoms with Gasteiger partial charge in [-0.2, -0.15) is 0 Å². The van der Waals surface area contributed by atoms with E-state index in [1.807, 2.05) is 17.5 Å². The Bertz CT molecular complexity index is 524. The Hall–Kier alpha value is -1.75. The number of aromatic nitrogens is 2. The number of carbonyl (C=O) groups is 1. The minimum atomic E-state index is 0.0995. The van der Waals surface area contributed by atoms with Crippen LogP contribution in [0.2, 0.25) is 0 Å². The predicted molar refractivity (Wildman–Crippen MR) is 76.7 cm³/mol. The third-order valence-electron chi connectivity index (χ3n) is 2.72. The third kappa shape index (κ3) is 4.13. The highest BCUT2D eigenvalue weighted by molar-refractivity contribution is 7.09. The quantitative estimate of drug-likeness (QED) is 0.881. The Morgan fingerprint density at radius 3 is 2.89 bits per heavy atom. The summed E-state index contributed by atoms with van der Waals surface area (Å²) in [6.07, 6.45) is 6.07. The molecule has 0 radical (unpaired) electrons. The zero-order valence-electron chi connectivity index (χ0n) is 10.9. The molecule has 1 amide bonds. The van der Waals surface area contributed by atoms with Crippen molar-refractivity contribution in [1.29, 1.82) is 0 Å². The van der Waals surface area contributed by atoms with Crippen molar-refractivity contribution >= 4 is 17.2 Å². The number of carbonyl (C=O) groups excluding carboxylic acids is 1. The molecule has 0 unspecified atom stereocenters. The molecule has 1 N–H and O–H groups in total. The molecule has 0 saturated heterocycles. The van der Waals surface area contributed by atoms with Crippen LogP contribution in [-0.2, 0) is 11.3 Å². The van der Waals surface area contributed by atoms with Crippen LogP contribution in [0.15, 0.2) is 29.9 Å². The largest absolute Gasteiger partial charge is 0.350 e. The third-order valence-corrected chi connectivity index (χ3v) is 3.57. The van der Waals surface area contributed by atoms with Crippen LogP contribution >= 0.6 is 11.3 Å². The lowest BCUT2D eigenvalue weighted by molar-refractivity contribution is -0.121. The Kier molecular flexibility index (Phi) is 5.03. The minimum absolute atomic E-state index is 0.0995. The first-order valence-corrected chi connectivity index (χ1v) is 7.29. The molecule has 0 aliphatic carbocycles.